The van der Waals surface area contributed by atoms with Crippen molar-refractivity contribution in [3.05, 3.63) is 0 Å². The van der Waals surface area contributed by atoms with Crippen molar-refractivity contribution in [2.24, 2.45) is 5.73 Å². The van der Waals surface area contributed by atoms with Crippen LogP contribution in [-0.2, 0) is 9.53 Å². The molecule has 2 fully saturated rings. The second-order valence-electron chi connectivity index (χ2n) is 5.57. The maximum absolute atomic E-state index is 11.9. The Labute approximate surface area is 109 Å². The Hall–Kier alpha value is -0.650. The fraction of sp³-hybridized carbons (Fsp3) is 0.923. The van der Waals surface area contributed by atoms with E-state index < -0.39 is 0 Å². The van der Waals surface area contributed by atoms with Crippen molar-refractivity contribution >= 4 is 5.91 Å². The Morgan fingerprint density at radius 3 is 2.83 bits per heavy atom. The van der Waals surface area contributed by atoms with Crippen LogP contribution >= 0.6 is 0 Å². The van der Waals surface area contributed by atoms with Crippen molar-refractivity contribution in [3.8, 4) is 0 Å². The minimum absolute atomic E-state index is 0.0575. The number of rotatable bonds is 6. The van der Waals surface area contributed by atoms with Gasteiger partial charge in [-0.05, 0) is 26.2 Å². The summed E-state index contributed by atoms with van der Waals surface area (Å²) < 4.78 is 5.13. The summed E-state index contributed by atoms with van der Waals surface area (Å²) in [6, 6.07) is 1.66. The first-order valence-electron chi connectivity index (χ1n) is 6.92. The number of nitrogens with zero attached hydrogens (tertiary/aromatic N) is 1. The first-order chi connectivity index (χ1) is 8.63. The Bertz CT molecular complexity index is 290. The molecule has 0 spiro atoms. The molecule has 1 saturated heterocycles. The van der Waals surface area contributed by atoms with E-state index in [1.807, 2.05) is 0 Å². The quantitative estimate of drug-likeness (QED) is 0.706. The van der Waals surface area contributed by atoms with Gasteiger partial charge in [-0.15, -0.1) is 0 Å². The molecule has 1 heterocycles. The van der Waals surface area contributed by atoms with Gasteiger partial charge in [0.05, 0.1) is 12.5 Å². The van der Waals surface area contributed by atoms with Gasteiger partial charge in [-0.25, -0.2) is 0 Å². The van der Waals surface area contributed by atoms with Gasteiger partial charge in [-0.1, -0.05) is 0 Å². The normalized spacial score (nSPS) is 30.4. The minimum Gasteiger partial charge on any atom is -0.380 e. The highest BCUT2D eigenvalue weighted by Crippen LogP contribution is 2.33. The number of hydrogen-bond acceptors (Lipinski definition) is 4. The molecule has 104 valence electrons. The molecule has 1 saturated carbocycles. The van der Waals surface area contributed by atoms with E-state index >= 15 is 0 Å². The number of likely N-dealkylation sites (tertiary alicyclic amines) is 1. The third-order valence-corrected chi connectivity index (χ3v) is 4.01. The zero-order valence-corrected chi connectivity index (χ0v) is 11.4. The standard InChI is InChI=1S/C13H25N3O2/c1-9-5-10(8-16(9)11-3-4-11)15-13(17)6-12(7-14)18-2/h9-12H,3-8,14H2,1-2H3,(H,15,17). The molecule has 0 radical (unpaired) electrons. The molecular weight excluding hydrogens is 230 g/mol. The summed E-state index contributed by atoms with van der Waals surface area (Å²) in [5.41, 5.74) is 5.52. The second kappa shape index (κ2) is 5.99. The van der Waals surface area contributed by atoms with Crippen molar-refractivity contribution in [2.45, 2.75) is 56.8 Å². The lowest BCUT2D eigenvalue weighted by Gasteiger charge is -2.20. The van der Waals surface area contributed by atoms with Crippen LogP contribution in [-0.4, -0.2) is 55.2 Å². The molecule has 0 aromatic rings. The van der Waals surface area contributed by atoms with E-state index in [0.29, 0.717) is 25.0 Å². The highest BCUT2D eigenvalue weighted by molar-refractivity contribution is 5.76. The summed E-state index contributed by atoms with van der Waals surface area (Å²) in [4.78, 5) is 14.4. The molecule has 2 aliphatic rings. The van der Waals surface area contributed by atoms with Gasteiger partial charge in [0.25, 0.3) is 0 Å². The van der Waals surface area contributed by atoms with Crippen molar-refractivity contribution in [2.75, 3.05) is 20.2 Å². The summed E-state index contributed by atoms with van der Waals surface area (Å²) in [7, 11) is 1.59. The maximum atomic E-state index is 11.9. The van der Waals surface area contributed by atoms with Crippen molar-refractivity contribution in [3.63, 3.8) is 0 Å². The van der Waals surface area contributed by atoms with E-state index in [9.17, 15) is 4.79 Å². The van der Waals surface area contributed by atoms with E-state index in [2.05, 4.69) is 17.1 Å². The first kappa shape index (κ1) is 13.8. The molecule has 3 unspecified atom stereocenters. The number of carbonyl (C=O) groups excluding carboxylic acids is 1. The fourth-order valence-corrected chi connectivity index (χ4v) is 2.83. The molecule has 5 nitrogen and oxygen atoms in total. The van der Waals surface area contributed by atoms with Crippen LogP contribution in [0.4, 0.5) is 0 Å². The molecule has 0 aromatic carbocycles. The van der Waals surface area contributed by atoms with Crippen molar-refractivity contribution in [1.82, 2.24) is 10.2 Å². The zero-order chi connectivity index (χ0) is 13.1. The van der Waals surface area contributed by atoms with E-state index in [4.69, 9.17) is 10.5 Å². The molecule has 3 N–H and O–H groups in total. The third-order valence-electron chi connectivity index (χ3n) is 4.01. The lowest BCUT2D eigenvalue weighted by molar-refractivity contribution is -0.124. The predicted molar refractivity (Wildman–Crippen MR) is 70.2 cm³/mol. The molecule has 0 bridgehead atoms. The van der Waals surface area contributed by atoms with Gasteiger partial charge in [0.2, 0.25) is 5.91 Å². The maximum Gasteiger partial charge on any atom is 0.222 e. The van der Waals surface area contributed by atoms with Crippen molar-refractivity contribution in [1.29, 1.82) is 0 Å². The Morgan fingerprint density at radius 2 is 2.28 bits per heavy atom. The van der Waals surface area contributed by atoms with Crippen LogP contribution in [0.25, 0.3) is 0 Å². The highest BCUT2D eigenvalue weighted by Gasteiger charge is 2.39. The molecule has 1 amide bonds. The minimum atomic E-state index is -0.164. The molecule has 18 heavy (non-hydrogen) atoms. The number of amides is 1. The number of nitrogens with one attached hydrogen (secondary N) is 1. The van der Waals surface area contributed by atoms with Gasteiger partial charge in [0.1, 0.15) is 0 Å². The molecule has 2 rings (SSSR count). The van der Waals surface area contributed by atoms with Crippen LogP contribution in [0, 0.1) is 0 Å². The Balaban J connectivity index is 1.74. The van der Waals surface area contributed by atoms with Crippen molar-refractivity contribution < 1.29 is 9.53 Å². The van der Waals surface area contributed by atoms with Crippen LogP contribution in [0.15, 0.2) is 0 Å². The van der Waals surface area contributed by atoms with Crippen LogP contribution < -0.4 is 11.1 Å². The number of nitrogens with two attached hydrogens (primary N) is 1. The van der Waals surface area contributed by atoms with Gasteiger partial charge < -0.3 is 15.8 Å². The molecular formula is C13H25N3O2. The van der Waals surface area contributed by atoms with E-state index in [1.165, 1.54) is 12.8 Å². The van der Waals surface area contributed by atoms with Gasteiger partial charge in [-0.2, -0.15) is 0 Å². The van der Waals surface area contributed by atoms with Crippen LogP contribution in [0.5, 0.6) is 0 Å². The fourth-order valence-electron chi connectivity index (χ4n) is 2.83. The smallest absolute Gasteiger partial charge is 0.222 e. The number of ether oxygens (including phenoxy) is 1. The average molecular weight is 255 g/mol. The topological polar surface area (TPSA) is 67.6 Å². The van der Waals surface area contributed by atoms with Gasteiger partial charge in [0, 0.05) is 38.3 Å². The van der Waals surface area contributed by atoms with Crippen LogP contribution in [0.3, 0.4) is 0 Å². The van der Waals surface area contributed by atoms with Gasteiger partial charge in [0.15, 0.2) is 0 Å². The van der Waals surface area contributed by atoms with E-state index in [1.54, 1.807) is 7.11 Å². The summed E-state index contributed by atoms with van der Waals surface area (Å²) >= 11 is 0. The largest absolute Gasteiger partial charge is 0.380 e. The number of hydrogen-bond donors (Lipinski definition) is 2. The van der Waals surface area contributed by atoms with E-state index in [-0.39, 0.29) is 12.0 Å². The molecule has 5 heteroatoms. The monoisotopic (exact) mass is 255 g/mol. The lowest BCUT2D eigenvalue weighted by atomic mass is 10.1. The Morgan fingerprint density at radius 1 is 1.56 bits per heavy atom. The summed E-state index contributed by atoms with van der Waals surface area (Å²) in [6.07, 6.45) is 3.90. The summed E-state index contributed by atoms with van der Waals surface area (Å²) in [6.45, 7) is 3.64. The highest BCUT2D eigenvalue weighted by atomic mass is 16.5. The van der Waals surface area contributed by atoms with E-state index in [0.717, 1.165) is 19.0 Å². The molecule has 3 atom stereocenters. The van der Waals surface area contributed by atoms with Crippen LogP contribution in [0.2, 0.25) is 0 Å². The predicted octanol–water partition coefficient (Wildman–Crippen LogP) is 0.0916. The van der Waals surface area contributed by atoms with Gasteiger partial charge >= 0.3 is 0 Å². The second-order valence-corrected chi connectivity index (χ2v) is 5.57. The lowest BCUT2D eigenvalue weighted by Crippen LogP contribution is -2.40. The van der Waals surface area contributed by atoms with Gasteiger partial charge in [-0.3, -0.25) is 9.69 Å². The third kappa shape index (κ3) is 3.43. The van der Waals surface area contributed by atoms with Crippen LogP contribution in [0.1, 0.15) is 32.6 Å². The summed E-state index contributed by atoms with van der Waals surface area (Å²) in [5.74, 6) is 0.0575. The molecule has 1 aliphatic heterocycles. The average Bonchev–Trinajstić information content (AvgIpc) is 3.11. The number of carbonyl (C=O) groups is 1. The molecule has 0 aromatic heterocycles. The summed E-state index contributed by atoms with van der Waals surface area (Å²) in [5, 5.41) is 3.10. The zero-order valence-electron chi connectivity index (χ0n) is 11.4. The first-order valence-corrected chi connectivity index (χ1v) is 6.92. The number of methoxy groups -OCH3 is 1. The SMILES string of the molecule is COC(CN)CC(=O)NC1CC(C)N(C2CC2)C1. The molecule has 1 aliphatic carbocycles. The Kier molecular flexibility index (Phi) is 4.59.